The Morgan fingerprint density at radius 3 is 2.15 bits per heavy atom. The third-order valence-corrected chi connectivity index (χ3v) is 9.15. The van der Waals surface area contributed by atoms with Crippen LogP contribution in [0.4, 0.5) is 4.39 Å². The molecule has 2 aromatic carbocycles. The Balaban J connectivity index is 1.49. The molecule has 1 atom stereocenters. The fourth-order valence-corrected chi connectivity index (χ4v) is 6.49. The second-order valence-electron chi connectivity index (χ2n) is 9.51. The van der Waals surface area contributed by atoms with Gasteiger partial charge in [0.25, 0.3) is 11.7 Å². The number of hydrogen-bond donors (Lipinski definition) is 1. The first kappa shape index (κ1) is 27.4. The predicted molar refractivity (Wildman–Crippen MR) is 139 cm³/mol. The van der Waals surface area contributed by atoms with Gasteiger partial charge in [0, 0.05) is 50.4 Å². The lowest BCUT2D eigenvalue weighted by Gasteiger charge is -2.31. The minimum Gasteiger partial charge on any atom is -0.507 e. The zero-order chi connectivity index (χ0) is 27.6. The first-order valence-electron chi connectivity index (χ1n) is 12.8. The summed E-state index contributed by atoms with van der Waals surface area (Å²) in [7, 11) is -3.77. The maximum absolute atomic E-state index is 15.0. The minimum atomic E-state index is -3.77. The van der Waals surface area contributed by atoms with Crippen LogP contribution in [-0.4, -0.2) is 105 Å². The van der Waals surface area contributed by atoms with Crippen molar-refractivity contribution in [3.05, 3.63) is 71.0 Å². The van der Waals surface area contributed by atoms with E-state index in [1.165, 1.54) is 51.7 Å². The molecule has 0 radical (unpaired) electrons. The van der Waals surface area contributed by atoms with Crippen molar-refractivity contribution in [2.45, 2.75) is 10.9 Å². The summed E-state index contributed by atoms with van der Waals surface area (Å²) < 4.78 is 52.9. The molecule has 39 heavy (non-hydrogen) atoms. The van der Waals surface area contributed by atoms with Crippen molar-refractivity contribution < 1.29 is 37.0 Å². The van der Waals surface area contributed by atoms with Crippen molar-refractivity contribution in [3.8, 4) is 0 Å². The van der Waals surface area contributed by atoms with E-state index < -0.39 is 39.3 Å². The average Bonchev–Trinajstić information content (AvgIpc) is 3.22. The quantitative estimate of drug-likeness (QED) is 0.309. The Kier molecular flexibility index (Phi) is 8.10. The summed E-state index contributed by atoms with van der Waals surface area (Å²) in [5.74, 6) is -2.86. The molecule has 208 valence electrons. The maximum Gasteiger partial charge on any atom is 0.295 e. The molecule has 1 unspecified atom stereocenters. The lowest BCUT2D eigenvalue weighted by Crippen LogP contribution is -2.42. The molecule has 10 nitrogen and oxygen atoms in total. The van der Waals surface area contributed by atoms with Crippen LogP contribution in [0.2, 0.25) is 0 Å². The van der Waals surface area contributed by atoms with Gasteiger partial charge in [-0.15, -0.1) is 0 Å². The number of aliphatic hydroxyl groups excluding tert-OH is 1. The molecule has 5 rings (SSSR count). The van der Waals surface area contributed by atoms with Gasteiger partial charge in [0.15, 0.2) is 0 Å². The molecule has 1 amide bonds. The van der Waals surface area contributed by atoms with Crippen LogP contribution in [0.1, 0.15) is 17.2 Å². The summed E-state index contributed by atoms with van der Waals surface area (Å²) in [6.07, 6.45) is 0. The van der Waals surface area contributed by atoms with Crippen molar-refractivity contribution in [1.29, 1.82) is 0 Å². The van der Waals surface area contributed by atoms with E-state index in [1.807, 2.05) is 0 Å². The number of carbonyl (C=O) groups excluding carboxylic acids is 2. The molecular formula is C27H30FN3O7S. The topological polar surface area (TPSA) is 117 Å². The molecule has 0 saturated carbocycles. The zero-order valence-electron chi connectivity index (χ0n) is 21.3. The van der Waals surface area contributed by atoms with E-state index in [4.69, 9.17) is 9.47 Å². The minimum absolute atomic E-state index is 0.0255. The number of likely N-dealkylation sites (tertiary alicyclic amines) is 1. The molecule has 3 aliphatic heterocycles. The van der Waals surface area contributed by atoms with Crippen molar-refractivity contribution in [2.75, 3.05) is 65.7 Å². The molecule has 2 aromatic rings. The van der Waals surface area contributed by atoms with E-state index in [0.717, 1.165) is 0 Å². The van der Waals surface area contributed by atoms with Crippen molar-refractivity contribution >= 4 is 27.5 Å². The molecule has 0 bridgehead atoms. The van der Waals surface area contributed by atoms with E-state index in [1.54, 1.807) is 6.07 Å². The number of Topliss-reactive ketones (excluding diaryl/α,β-unsaturated/α-hetero) is 1. The van der Waals surface area contributed by atoms with Gasteiger partial charge >= 0.3 is 0 Å². The van der Waals surface area contributed by atoms with E-state index in [0.29, 0.717) is 46.1 Å². The number of rotatable bonds is 7. The van der Waals surface area contributed by atoms with Crippen LogP contribution in [0, 0.1) is 5.82 Å². The number of ether oxygens (including phenoxy) is 2. The number of carbonyl (C=O) groups is 2. The Bertz CT molecular complexity index is 1370. The molecule has 3 aliphatic rings. The van der Waals surface area contributed by atoms with Crippen molar-refractivity contribution in [1.82, 2.24) is 14.1 Å². The van der Waals surface area contributed by atoms with Gasteiger partial charge in [0.2, 0.25) is 10.0 Å². The number of aliphatic hydroxyl groups is 1. The van der Waals surface area contributed by atoms with Crippen LogP contribution in [0.25, 0.3) is 5.76 Å². The highest BCUT2D eigenvalue weighted by Crippen LogP contribution is 2.40. The summed E-state index contributed by atoms with van der Waals surface area (Å²) in [6, 6.07) is 10.1. The van der Waals surface area contributed by atoms with Gasteiger partial charge in [0.1, 0.15) is 11.6 Å². The first-order chi connectivity index (χ1) is 18.8. The summed E-state index contributed by atoms with van der Waals surface area (Å²) in [6.45, 7) is 4.16. The molecule has 0 aromatic heterocycles. The number of amides is 1. The van der Waals surface area contributed by atoms with Gasteiger partial charge in [-0.3, -0.25) is 14.5 Å². The van der Waals surface area contributed by atoms with Gasteiger partial charge in [-0.25, -0.2) is 12.8 Å². The lowest BCUT2D eigenvalue weighted by atomic mass is 9.95. The van der Waals surface area contributed by atoms with Gasteiger partial charge in [-0.2, -0.15) is 4.31 Å². The van der Waals surface area contributed by atoms with E-state index in [-0.39, 0.29) is 41.2 Å². The van der Waals surface area contributed by atoms with Gasteiger partial charge in [-0.1, -0.05) is 18.2 Å². The van der Waals surface area contributed by atoms with E-state index >= 15 is 4.39 Å². The Labute approximate surface area is 226 Å². The fourth-order valence-electron chi connectivity index (χ4n) is 5.08. The van der Waals surface area contributed by atoms with Crippen LogP contribution in [0.3, 0.4) is 0 Å². The molecule has 12 heteroatoms. The number of halogens is 1. The van der Waals surface area contributed by atoms with E-state index in [9.17, 15) is 23.1 Å². The molecular weight excluding hydrogens is 529 g/mol. The SMILES string of the molecule is O=C1C(=O)N(CCN2CCOCC2)C(c2ccccc2F)/C1=C(/O)c1ccc(S(=O)(=O)N2CCOCC2)cc1. The molecule has 0 spiro atoms. The summed E-state index contributed by atoms with van der Waals surface area (Å²) in [5, 5.41) is 11.3. The van der Waals surface area contributed by atoms with E-state index in [2.05, 4.69) is 4.90 Å². The van der Waals surface area contributed by atoms with Gasteiger partial charge in [0.05, 0.1) is 42.9 Å². The lowest BCUT2D eigenvalue weighted by molar-refractivity contribution is -0.140. The fraction of sp³-hybridized carbons (Fsp3) is 0.407. The highest BCUT2D eigenvalue weighted by Gasteiger charge is 2.47. The Morgan fingerprint density at radius 1 is 0.897 bits per heavy atom. The second-order valence-corrected chi connectivity index (χ2v) is 11.4. The van der Waals surface area contributed by atoms with Crippen LogP contribution in [-0.2, 0) is 29.1 Å². The van der Waals surface area contributed by atoms with Crippen molar-refractivity contribution in [3.63, 3.8) is 0 Å². The molecule has 1 N–H and O–H groups in total. The number of nitrogens with zero attached hydrogens (tertiary/aromatic N) is 3. The second kappa shape index (κ2) is 11.5. The maximum atomic E-state index is 15.0. The third kappa shape index (κ3) is 5.48. The summed E-state index contributed by atoms with van der Waals surface area (Å²) >= 11 is 0. The number of morpholine rings is 2. The Hall–Kier alpha value is -3.16. The molecule has 3 fully saturated rings. The monoisotopic (exact) mass is 559 g/mol. The summed E-state index contributed by atoms with van der Waals surface area (Å²) in [4.78, 5) is 29.8. The van der Waals surface area contributed by atoms with Crippen LogP contribution < -0.4 is 0 Å². The largest absolute Gasteiger partial charge is 0.507 e. The van der Waals surface area contributed by atoms with Gasteiger partial charge < -0.3 is 19.5 Å². The summed E-state index contributed by atoms with van der Waals surface area (Å²) in [5.41, 5.74) is -0.00828. The first-order valence-corrected chi connectivity index (χ1v) is 14.2. The normalized spacial score (nSPS) is 22.9. The number of hydrogen-bond acceptors (Lipinski definition) is 8. The number of sulfonamides is 1. The standard InChI is InChI=1S/C27H30FN3O7S/c28-22-4-2-1-3-21(22)24-23(26(33)27(34)31(24)10-9-29-11-15-37-16-12-29)25(32)19-5-7-20(8-6-19)39(35,36)30-13-17-38-18-14-30/h1-8,24,32H,9-18H2/b25-23-. The number of benzene rings is 2. The molecule has 3 heterocycles. The highest BCUT2D eigenvalue weighted by atomic mass is 32.2. The Morgan fingerprint density at radius 2 is 1.51 bits per heavy atom. The number of ketones is 1. The van der Waals surface area contributed by atoms with Crippen molar-refractivity contribution in [2.24, 2.45) is 0 Å². The van der Waals surface area contributed by atoms with Crippen LogP contribution in [0.5, 0.6) is 0 Å². The predicted octanol–water partition coefficient (Wildman–Crippen LogP) is 1.60. The van der Waals surface area contributed by atoms with Crippen LogP contribution in [0.15, 0.2) is 59.0 Å². The zero-order valence-corrected chi connectivity index (χ0v) is 22.1. The smallest absolute Gasteiger partial charge is 0.295 e. The molecule has 3 saturated heterocycles. The average molecular weight is 560 g/mol. The van der Waals surface area contributed by atoms with Crippen LogP contribution >= 0.6 is 0 Å². The third-order valence-electron chi connectivity index (χ3n) is 7.24. The highest BCUT2D eigenvalue weighted by molar-refractivity contribution is 7.89. The molecule has 0 aliphatic carbocycles. The van der Waals surface area contributed by atoms with Gasteiger partial charge in [-0.05, 0) is 30.3 Å².